The Morgan fingerprint density at radius 3 is 1.48 bits per heavy atom. The zero-order valence-electron chi connectivity index (χ0n) is 36.7. The maximum atomic E-state index is 12.8. The maximum absolute atomic E-state index is 12.8. The molecule has 14 heteroatoms. The second-order valence-corrected chi connectivity index (χ2v) is 16.6. The molecule has 61 heavy (non-hydrogen) atoms. The van der Waals surface area contributed by atoms with Gasteiger partial charge in [-0.3, -0.25) is 18.6 Å². The molecule has 0 spiro atoms. The molecule has 0 aromatic heterocycles. The number of carbonyl (C=O) groups is 2. The SMILES string of the molecule is CC/C=C\C/C=C\C/C=C\CCCCCCCC(=O)O[C@H](COC(=O)CCC/C=C\C/C=C\C/C=C\C/C=C\CCCCC)COP(=O)(O)OC1C(O)C(O)C(O)[C@@H](O)C1O. The number of allylic oxidation sites excluding steroid dienone is 14. The molecule has 1 saturated carbocycles. The van der Waals surface area contributed by atoms with Crippen LogP contribution in [-0.4, -0.2) is 98.3 Å². The highest BCUT2D eigenvalue weighted by atomic mass is 31.2. The van der Waals surface area contributed by atoms with Crippen molar-refractivity contribution in [2.24, 2.45) is 0 Å². The molecule has 0 heterocycles. The molecule has 6 unspecified atom stereocenters. The Labute approximate surface area is 365 Å². The Morgan fingerprint density at radius 2 is 0.951 bits per heavy atom. The molecule has 0 aliphatic heterocycles. The standard InChI is InChI=1S/C47H77O13P/c1-3-5-7-9-11-13-15-17-19-20-22-23-25-27-29-31-33-35-40(48)57-37-39(38-58-61(55,56)60-47-45(53)43(51)42(50)44(52)46(47)54)59-41(49)36-34-32-30-28-26-24-21-18-16-14-12-10-8-6-4-2/h6,8,11-14,17-19,21-23,27,29,39,42-47,50-54H,3-5,7,9-10,15-16,20,24-26,28,30-38H2,1-2H3,(H,55,56)/b8-6-,13-11-,14-12-,19-17-,21-18-,23-22-,29-27-/t39-,42?,43-,44?,45?,46?,47?/m1/s1. The molecule has 348 valence electrons. The minimum atomic E-state index is -5.14. The summed E-state index contributed by atoms with van der Waals surface area (Å²) in [5.41, 5.74) is 0. The first kappa shape index (κ1) is 56.0. The molecule has 0 bridgehead atoms. The first-order chi connectivity index (χ1) is 29.4. The highest BCUT2D eigenvalue weighted by Gasteiger charge is 2.51. The normalized spacial score (nSPS) is 22.8. The fraction of sp³-hybridized carbons (Fsp3) is 0.660. The van der Waals surface area contributed by atoms with Gasteiger partial charge in [0.05, 0.1) is 6.61 Å². The van der Waals surface area contributed by atoms with Gasteiger partial charge in [0.15, 0.2) is 6.10 Å². The average molecular weight is 881 g/mol. The highest BCUT2D eigenvalue weighted by Crippen LogP contribution is 2.47. The van der Waals surface area contributed by atoms with Crippen molar-refractivity contribution in [2.75, 3.05) is 13.2 Å². The molecular weight excluding hydrogens is 803 g/mol. The molecule has 0 saturated heterocycles. The van der Waals surface area contributed by atoms with Crippen LogP contribution < -0.4 is 0 Å². The van der Waals surface area contributed by atoms with E-state index >= 15 is 0 Å². The van der Waals surface area contributed by atoms with Crippen LogP contribution in [0.2, 0.25) is 0 Å². The van der Waals surface area contributed by atoms with Crippen molar-refractivity contribution in [2.45, 2.75) is 185 Å². The summed E-state index contributed by atoms with van der Waals surface area (Å²) < 4.78 is 33.4. The molecule has 1 aliphatic carbocycles. The Kier molecular flexibility index (Phi) is 33.5. The summed E-state index contributed by atoms with van der Waals surface area (Å²) in [5.74, 6) is -1.19. The molecule has 0 radical (unpaired) electrons. The van der Waals surface area contributed by atoms with Crippen molar-refractivity contribution >= 4 is 19.8 Å². The van der Waals surface area contributed by atoms with E-state index in [9.17, 15) is 44.6 Å². The third-order valence-electron chi connectivity index (χ3n) is 9.72. The minimum Gasteiger partial charge on any atom is -0.462 e. The molecular formula is C47H77O13P. The molecule has 0 amide bonds. The fourth-order valence-corrected chi connectivity index (χ4v) is 7.09. The van der Waals surface area contributed by atoms with Crippen LogP contribution in [0, 0.1) is 0 Å². The second-order valence-electron chi connectivity index (χ2n) is 15.2. The number of hydrogen-bond donors (Lipinski definition) is 6. The molecule has 8 atom stereocenters. The number of hydrogen-bond acceptors (Lipinski definition) is 12. The average Bonchev–Trinajstić information content (AvgIpc) is 3.24. The number of unbranched alkanes of at least 4 members (excludes halogenated alkanes) is 9. The van der Waals surface area contributed by atoms with Gasteiger partial charge in [-0.25, -0.2) is 4.57 Å². The van der Waals surface area contributed by atoms with Gasteiger partial charge in [-0.1, -0.05) is 131 Å². The zero-order chi connectivity index (χ0) is 45.0. The number of phosphoric acid groups is 1. The number of phosphoric ester groups is 1. The summed E-state index contributed by atoms with van der Waals surface area (Å²) in [6, 6.07) is 0. The van der Waals surface area contributed by atoms with Crippen LogP contribution in [-0.2, 0) is 32.7 Å². The third kappa shape index (κ3) is 29.1. The van der Waals surface area contributed by atoms with Gasteiger partial charge in [0.1, 0.15) is 43.2 Å². The molecule has 6 N–H and O–H groups in total. The van der Waals surface area contributed by atoms with Gasteiger partial charge >= 0.3 is 19.8 Å². The van der Waals surface area contributed by atoms with Gasteiger partial charge in [0.25, 0.3) is 0 Å². The number of aliphatic hydroxyl groups excluding tert-OH is 5. The molecule has 13 nitrogen and oxygen atoms in total. The lowest BCUT2D eigenvalue weighted by molar-refractivity contribution is -0.220. The van der Waals surface area contributed by atoms with E-state index in [0.29, 0.717) is 19.3 Å². The van der Waals surface area contributed by atoms with Crippen LogP contribution in [0.3, 0.4) is 0 Å². The number of carbonyl (C=O) groups excluding carboxylic acids is 2. The van der Waals surface area contributed by atoms with Crippen LogP contribution in [0.4, 0.5) is 0 Å². The van der Waals surface area contributed by atoms with E-state index in [2.05, 4.69) is 86.8 Å². The summed E-state index contributed by atoms with van der Waals surface area (Å²) >= 11 is 0. The molecule has 0 aromatic carbocycles. The van der Waals surface area contributed by atoms with E-state index in [4.69, 9.17) is 18.5 Å². The summed E-state index contributed by atoms with van der Waals surface area (Å²) in [6.07, 6.45) is 33.6. The number of ether oxygens (including phenoxy) is 2. The fourth-order valence-electron chi connectivity index (χ4n) is 6.12. The smallest absolute Gasteiger partial charge is 0.462 e. The molecule has 0 aromatic rings. The Bertz CT molecular complexity index is 1390. The van der Waals surface area contributed by atoms with Gasteiger partial charge in [-0.2, -0.15) is 0 Å². The molecule has 1 rings (SSSR count). The Hall–Kier alpha value is -2.97. The summed E-state index contributed by atoms with van der Waals surface area (Å²) in [6.45, 7) is 3.08. The van der Waals surface area contributed by atoms with E-state index in [-0.39, 0.29) is 12.8 Å². The van der Waals surface area contributed by atoms with E-state index in [1.165, 1.54) is 19.3 Å². The minimum absolute atomic E-state index is 0.0606. The van der Waals surface area contributed by atoms with Gasteiger partial charge < -0.3 is 39.9 Å². The van der Waals surface area contributed by atoms with E-state index in [0.717, 1.165) is 77.0 Å². The van der Waals surface area contributed by atoms with Crippen LogP contribution in [0.5, 0.6) is 0 Å². The van der Waals surface area contributed by atoms with E-state index < -0.39 is 75.7 Å². The van der Waals surface area contributed by atoms with Crippen LogP contribution in [0.1, 0.15) is 142 Å². The summed E-state index contributed by atoms with van der Waals surface area (Å²) in [7, 11) is -5.14. The Balaban J connectivity index is 2.54. The lowest BCUT2D eigenvalue weighted by Crippen LogP contribution is -2.64. The van der Waals surface area contributed by atoms with E-state index in [1.54, 1.807) is 0 Å². The Morgan fingerprint density at radius 1 is 0.525 bits per heavy atom. The van der Waals surface area contributed by atoms with Gasteiger partial charge in [-0.15, -0.1) is 0 Å². The van der Waals surface area contributed by atoms with Crippen molar-refractivity contribution in [1.29, 1.82) is 0 Å². The predicted molar refractivity (Wildman–Crippen MR) is 239 cm³/mol. The second kappa shape index (κ2) is 36.5. The van der Waals surface area contributed by atoms with Crippen molar-refractivity contribution in [1.82, 2.24) is 0 Å². The quantitative estimate of drug-likeness (QED) is 0.0153. The zero-order valence-corrected chi connectivity index (χ0v) is 37.6. The lowest BCUT2D eigenvalue weighted by atomic mass is 9.85. The van der Waals surface area contributed by atoms with Gasteiger partial charge in [0, 0.05) is 12.8 Å². The third-order valence-corrected chi connectivity index (χ3v) is 10.7. The van der Waals surface area contributed by atoms with Crippen molar-refractivity contribution in [3.8, 4) is 0 Å². The van der Waals surface area contributed by atoms with Crippen LogP contribution >= 0.6 is 7.82 Å². The first-order valence-corrected chi connectivity index (χ1v) is 23.9. The topological polar surface area (TPSA) is 210 Å². The largest absolute Gasteiger partial charge is 0.472 e. The monoisotopic (exact) mass is 881 g/mol. The summed E-state index contributed by atoms with van der Waals surface area (Å²) in [5, 5.41) is 50.1. The first-order valence-electron chi connectivity index (χ1n) is 22.4. The van der Waals surface area contributed by atoms with Crippen molar-refractivity contribution < 1.29 is 63.1 Å². The van der Waals surface area contributed by atoms with Crippen molar-refractivity contribution in [3.63, 3.8) is 0 Å². The number of rotatable bonds is 35. The predicted octanol–water partition coefficient (Wildman–Crippen LogP) is 8.50. The van der Waals surface area contributed by atoms with Crippen LogP contribution in [0.25, 0.3) is 0 Å². The molecule has 1 aliphatic rings. The van der Waals surface area contributed by atoms with Crippen LogP contribution in [0.15, 0.2) is 85.1 Å². The number of esters is 2. The lowest BCUT2D eigenvalue weighted by Gasteiger charge is -2.41. The highest BCUT2D eigenvalue weighted by molar-refractivity contribution is 7.47. The van der Waals surface area contributed by atoms with Gasteiger partial charge in [0.2, 0.25) is 0 Å². The summed E-state index contributed by atoms with van der Waals surface area (Å²) in [4.78, 5) is 35.6. The van der Waals surface area contributed by atoms with Crippen molar-refractivity contribution in [3.05, 3.63) is 85.1 Å². The molecule has 1 fully saturated rings. The maximum Gasteiger partial charge on any atom is 0.472 e. The van der Waals surface area contributed by atoms with Gasteiger partial charge in [-0.05, 0) is 83.5 Å². The number of aliphatic hydroxyl groups is 5. The van der Waals surface area contributed by atoms with E-state index in [1.807, 2.05) is 12.2 Å².